The van der Waals surface area contributed by atoms with Gasteiger partial charge in [0, 0.05) is 24.6 Å². The Morgan fingerprint density at radius 2 is 1.97 bits per heavy atom. The number of rotatable bonds is 6. The molecular formula is C23H24N4O2S. The van der Waals surface area contributed by atoms with Gasteiger partial charge in [-0.2, -0.15) is 0 Å². The third-order valence-corrected chi connectivity index (χ3v) is 5.67. The first-order chi connectivity index (χ1) is 14.7. The number of para-hydroxylation sites is 1. The van der Waals surface area contributed by atoms with E-state index >= 15 is 0 Å². The summed E-state index contributed by atoms with van der Waals surface area (Å²) in [6.07, 6.45) is 4.73. The fraction of sp³-hybridized carbons (Fsp3) is 0.261. The molecule has 3 aromatic rings. The zero-order valence-corrected chi connectivity index (χ0v) is 17.8. The Morgan fingerprint density at radius 1 is 1.17 bits per heavy atom. The first kappa shape index (κ1) is 20.1. The second-order valence-corrected chi connectivity index (χ2v) is 7.52. The molecule has 6 nitrogen and oxygen atoms in total. The average Bonchev–Trinajstić information content (AvgIpc) is 3.38. The zero-order chi connectivity index (χ0) is 21.1. The van der Waals surface area contributed by atoms with Gasteiger partial charge >= 0.3 is 5.97 Å². The molecule has 2 aromatic heterocycles. The van der Waals surface area contributed by atoms with Crippen LogP contribution in [-0.4, -0.2) is 39.2 Å². The van der Waals surface area contributed by atoms with Crippen molar-refractivity contribution in [3.63, 3.8) is 0 Å². The predicted molar refractivity (Wildman–Crippen MR) is 120 cm³/mol. The highest BCUT2D eigenvalue weighted by molar-refractivity contribution is 7.80. The van der Waals surface area contributed by atoms with Crippen molar-refractivity contribution in [1.82, 2.24) is 19.8 Å². The van der Waals surface area contributed by atoms with Gasteiger partial charge in [-0.25, -0.2) is 4.79 Å². The lowest BCUT2D eigenvalue weighted by Gasteiger charge is -2.29. The van der Waals surface area contributed by atoms with Gasteiger partial charge < -0.3 is 19.5 Å². The van der Waals surface area contributed by atoms with Gasteiger partial charge in [0.15, 0.2) is 5.11 Å². The van der Waals surface area contributed by atoms with Crippen LogP contribution in [0.1, 0.15) is 47.2 Å². The number of thiocarbonyl (C=S) groups is 1. The number of pyridine rings is 1. The van der Waals surface area contributed by atoms with E-state index in [4.69, 9.17) is 17.0 Å². The SMILES string of the molecule is CCCN1C(=S)N[C@@H](c2ccccn2)[C@@H]1c1cccn1-c1ccccc1C(=O)OC. The Balaban J connectivity index is 1.84. The molecule has 0 aliphatic carbocycles. The van der Waals surface area contributed by atoms with E-state index in [1.165, 1.54) is 7.11 Å². The summed E-state index contributed by atoms with van der Waals surface area (Å²) < 4.78 is 7.05. The van der Waals surface area contributed by atoms with Gasteiger partial charge in [-0.1, -0.05) is 25.1 Å². The Kier molecular flexibility index (Phi) is 5.81. The molecule has 0 radical (unpaired) electrons. The molecule has 1 fully saturated rings. The third-order valence-electron chi connectivity index (χ3n) is 5.31. The monoisotopic (exact) mass is 420 g/mol. The van der Waals surface area contributed by atoms with Crippen LogP contribution in [0.15, 0.2) is 67.0 Å². The highest BCUT2D eigenvalue weighted by atomic mass is 32.1. The number of hydrogen-bond acceptors (Lipinski definition) is 4. The minimum absolute atomic E-state index is 0.0620. The van der Waals surface area contributed by atoms with Crippen LogP contribution in [0.25, 0.3) is 5.69 Å². The first-order valence-corrected chi connectivity index (χ1v) is 10.4. The summed E-state index contributed by atoms with van der Waals surface area (Å²) in [6, 6.07) is 17.3. The number of esters is 1. The zero-order valence-electron chi connectivity index (χ0n) is 17.0. The van der Waals surface area contributed by atoms with Gasteiger partial charge in [-0.3, -0.25) is 4.98 Å². The molecule has 0 saturated carbocycles. The Bertz CT molecular complexity index is 1050. The number of nitrogens with one attached hydrogen (secondary N) is 1. The van der Waals surface area contributed by atoms with Crippen LogP contribution in [0, 0.1) is 0 Å². The molecule has 154 valence electrons. The van der Waals surface area contributed by atoms with Gasteiger partial charge in [-0.15, -0.1) is 0 Å². The van der Waals surface area contributed by atoms with Crippen molar-refractivity contribution < 1.29 is 9.53 Å². The van der Waals surface area contributed by atoms with E-state index in [1.807, 2.05) is 53.2 Å². The minimum Gasteiger partial charge on any atom is -0.465 e. The number of ether oxygens (including phenoxy) is 1. The quantitative estimate of drug-likeness (QED) is 0.480. The second-order valence-electron chi connectivity index (χ2n) is 7.13. The van der Waals surface area contributed by atoms with Crippen LogP contribution in [0.2, 0.25) is 0 Å². The van der Waals surface area contributed by atoms with E-state index in [9.17, 15) is 4.79 Å². The van der Waals surface area contributed by atoms with Crippen LogP contribution < -0.4 is 5.32 Å². The summed E-state index contributed by atoms with van der Waals surface area (Å²) in [7, 11) is 1.40. The smallest absolute Gasteiger partial charge is 0.339 e. The topological polar surface area (TPSA) is 59.4 Å². The maximum atomic E-state index is 12.4. The standard InChI is InChI=1S/C23H24N4O2S/c1-3-14-27-21(20(25-23(27)30)17-10-6-7-13-24-17)19-12-8-15-26(19)18-11-5-4-9-16(18)22(28)29-2/h4-13,15,20-21H,3,14H2,1-2H3,(H,25,30)/t20-,21-/m0/s1. The predicted octanol–water partition coefficient (Wildman–Crippen LogP) is 4.04. The molecule has 1 saturated heterocycles. The lowest BCUT2D eigenvalue weighted by atomic mass is 10.0. The number of benzene rings is 1. The fourth-order valence-corrected chi connectivity index (χ4v) is 4.36. The van der Waals surface area contributed by atoms with Crippen LogP contribution in [0.4, 0.5) is 0 Å². The molecule has 1 aromatic carbocycles. The average molecular weight is 421 g/mol. The molecule has 0 bridgehead atoms. The molecule has 2 atom stereocenters. The highest BCUT2D eigenvalue weighted by Crippen LogP contribution is 2.39. The van der Waals surface area contributed by atoms with Crippen molar-refractivity contribution in [1.29, 1.82) is 0 Å². The molecule has 1 aliphatic heterocycles. The molecule has 1 aliphatic rings. The van der Waals surface area contributed by atoms with E-state index in [0.717, 1.165) is 30.0 Å². The van der Waals surface area contributed by atoms with Crippen LogP contribution in [0.5, 0.6) is 0 Å². The number of hydrogen-bond donors (Lipinski definition) is 1. The molecule has 0 spiro atoms. The molecule has 0 amide bonds. The van der Waals surface area contributed by atoms with E-state index in [-0.39, 0.29) is 18.1 Å². The number of carbonyl (C=O) groups is 1. The lowest BCUT2D eigenvalue weighted by molar-refractivity contribution is 0.0600. The van der Waals surface area contributed by atoms with Crippen LogP contribution >= 0.6 is 12.2 Å². The highest BCUT2D eigenvalue weighted by Gasteiger charge is 2.41. The number of nitrogens with zero attached hydrogens (tertiary/aromatic N) is 3. The summed E-state index contributed by atoms with van der Waals surface area (Å²) in [4.78, 5) is 19.2. The number of methoxy groups -OCH3 is 1. The van der Waals surface area contributed by atoms with Crippen molar-refractivity contribution in [2.24, 2.45) is 0 Å². The molecule has 3 heterocycles. The van der Waals surface area contributed by atoms with Crippen molar-refractivity contribution in [2.45, 2.75) is 25.4 Å². The van der Waals surface area contributed by atoms with Gasteiger partial charge in [0.05, 0.1) is 36.1 Å². The van der Waals surface area contributed by atoms with Crippen molar-refractivity contribution in [2.75, 3.05) is 13.7 Å². The molecule has 30 heavy (non-hydrogen) atoms. The van der Waals surface area contributed by atoms with E-state index < -0.39 is 0 Å². The van der Waals surface area contributed by atoms with E-state index in [0.29, 0.717) is 10.7 Å². The Labute approximate surface area is 181 Å². The number of carbonyl (C=O) groups excluding carboxylic acids is 1. The summed E-state index contributed by atoms with van der Waals surface area (Å²) in [5.74, 6) is -0.364. The number of aromatic nitrogens is 2. The van der Waals surface area contributed by atoms with Crippen molar-refractivity contribution in [3.8, 4) is 5.69 Å². The molecule has 4 rings (SSSR count). The molecule has 1 N–H and O–H groups in total. The van der Waals surface area contributed by atoms with Crippen LogP contribution in [-0.2, 0) is 4.74 Å². The first-order valence-electron chi connectivity index (χ1n) is 9.98. The second kappa shape index (κ2) is 8.67. The lowest BCUT2D eigenvalue weighted by Crippen LogP contribution is -2.31. The maximum Gasteiger partial charge on any atom is 0.339 e. The summed E-state index contributed by atoms with van der Waals surface area (Å²) in [5, 5.41) is 4.17. The minimum atomic E-state index is -0.364. The van der Waals surface area contributed by atoms with E-state index in [1.54, 1.807) is 12.3 Å². The van der Waals surface area contributed by atoms with Gasteiger partial charge in [0.2, 0.25) is 0 Å². The molecular weight excluding hydrogens is 396 g/mol. The summed E-state index contributed by atoms with van der Waals surface area (Å²) >= 11 is 5.68. The normalized spacial score (nSPS) is 18.3. The van der Waals surface area contributed by atoms with E-state index in [2.05, 4.69) is 28.2 Å². The van der Waals surface area contributed by atoms with Gasteiger partial charge in [-0.05, 0) is 55.0 Å². The molecule has 0 unspecified atom stereocenters. The largest absolute Gasteiger partial charge is 0.465 e. The Morgan fingerprint density at radius 3 is 2.70 bits per heavy atom. The Hall–Kier alpha value is -3.19. The van der Waals surface area contributed by atoms with Crippen LogP contribution in [0.3, 0.4) is 0 Å². The third kappa shape index (κ3) is 3.57. The summed E-state index contributed by atoms with van der Waals surface area (Å²) in [6.45, 7) is 2.96. The fourth-order valence-electron chi connectivity index (χ4n) is 4.03. The maximum absolute atomic E-state index is 12.4. The van der Waals surface area contributed by atoms with Crippen molar-refractivity contribution >= 4 is 23.3 Å². The summed E-state index contributed by atoms with van der Waals surface area (Å²) in [5.41, 5.74) is 3.25. The molecule has 7 heteroatoms. The van der Waals surface area contributed by atoms with Gasteiger partial charge in [0.25, 0.3) is 0 Å². The van der Waals surface area contributed by atoms with Crippen molar-refractivity contribution in [3.05, 3.63) is 83.9 Å². The van der Waals surface area contributed by atoms with Gasteiger partial charge in [0.1, 0.15) is 0 Å².